The van der Waals surface area contributed by atoms with Crippen LogP contribution < -0.4 is 0 Å². The summed E-state index contributed by atoms with van der Waals surface area (Å²) in [4.78, 5) is 25.6. The third-order valence-electron chi connectivity index (χ3n) is 6.62. The van der Waals surface area contributed by atoms with Crippen molar-refractivity contribution >= 4 is 12.1 Å². The van der Waals surface area contributed by atoms with E-state index < -0.39 is 76.7 Å². The second-order valence-electron chi connectivity index (χ2n) is 10.9. The summed E-state index contributed by atoms with van der Waals surface area (Å²) in [7, 11) is 0. The van der Waals surface area contributed by atoms with Crippen molar-refractivity contribution in [2.75, 3.05) is 6.54 Å². The van der Waals surface area contributed by atoms with Gasteiger partial charge >= 0.3 is 24.4 Å². The standard InChI is InChI=1S/C28H30F7NO5/c1-15(17-11-18(27(30,31)32)13-19(12-17)28(33,34)35)40-22-14-36(25(38)39)21(9-10-23(37)41-26(2,3)4)24(22)16-5-7-20(29)8-6-16/h5-8,11-13,15,21-22,24H,9-10,14H2,1-4H3,(H,38,39)/t15-,21+,22+,24+/m1/s1. The Balaban J connectivity index is 1.98. The quantitative estimate of drug-likeness (QED) is 0.265. The molecule has 4 atom stereocenters. The van der Waals surface area contributed by atoms with Gasteiger partial charge in [0.25, 0.3) is 0 Å². The normalized spacial score (nSPS) is 20.7. The highest BCUT2D eigenvalue weighted by atomic mass is 19.4. The van der Waals surface area contributed by atoms with Crippen molar-refractivity contribution in [3.05, 3.63) is 70.5 Å². The second kappa shape index (κ2) is 11.9. The van der Waals surface area contributed by atoms with Crippen LogP contribution in [0.5, 0.6) is 0 Å². The topological polar surface area (TPSA) is 76.1 Å². The predicted octanol–water partition coefficient (Wildman–Crippen LogP) is 7.58. The molecule has 226 valence electrons. The van der Waals surface area contributed by atoms with Crippen LogP contribution in [0.4, 0.5) is 35.5 Å². The first-order chi connectivity index (χ1) is 18.8. The average molecular weight is 594 g/mol. The number of carbonyl (C=O) groups is 2. The fourth-order valence-corrected chi connectivity index (χ4v) is 4.90. The molecule has 6 nitrogen and oxygen atoms in total. The molecule has 1 saturated heterocycles. The van der Waals surface area contributed by atoms with Crippen LogP contribution in [-0.2, 0) is 26.6 Å². The van der Waals surface area contributed by atoms with Crippen molar-refractivity contribution in [3.8, 4) is 0 Å². The number of rotatable bonds is 7. The molecule has 0 unspecified atom stereocenters. The summed E-state index contributed by atoms with van der Waals surface area (Å²) in [5.41, 5.74) is -3.81. The molecule has 2 aromatic carbocycles. The van der Waals surface area contributed by atoms with Crippen molar-refractivity contribution in [1.29, 1.82) is 0 Å². The fourth-order valence-electron chi connectivity index (χ4n) is 4.90. The van der Waals surface area contributed by atoms with Gasteiger partial charge in [0.2, 0.25) is 0 Å². The van der Waals surface area contributed by atoms with Crippen molar-refractivity contribution in [2.45, 2.75) is 82.7 Å². The minimum absolute atomic E-state index is 0.00592. The first kappa shape index (κ1) is 32.2. The van der Waals surface area contributed by atoms with Crippen molar-refractivity contribution in [3.63, 3.8) is 0 Å². The molecular weight excluding hydrogens is 563 g/mol. The van der Waals surface area contributed by atoms with Gasteiger partial charge in [0.1, 0.15) is 11.4 Å². The predicted molar refractivity (Wildman–Crippen MR) is 132 cm³/mol. The maximum Gasteiger partial charge on any atom is 0.416 e. The Morgan fingerprint density at radius 3 is 1.98 bits per heavy atom. The average Bonchev–Trinajstić information content (AvgIpc) is 3.19. The summed E-state index contributed by atoms with van der Waals surface area (Å²) < 4.78 is 105. The molecule has 1 amide bonds. The second-order valence-corrected chi connectivity index (χ2v) is 10.9. The van der Waals surface area contributed by atoms with E-state index in [1.165, 1.54) is 19.1 Å². The smallest absolute Gasteiger partial charge is 0.416 e. The monoisotopic (exact) mass is 593 g/mol. The molecule has 0 aliphatic carbocycles. The summed E-state index contributed by atoms with van der Waals surface area (Å²) in [6.45, 7) is 5.94. The van der Waals surface area contributed by atoms with Gasteiger partial charge in [-0.2, -0.15) is 26.3 Å². The van der Waals surface area contributed by atoms with Crippen LogP contribution in [0.25, 0.3) is 0 Å². The molecule has 1 fully saturated rings. The molecular formula is C28H30F7NO5. The van der Waals surface area contributed by atoms with Gasteiger partial charge in [-0.15, -0.1) is 0 Å². The van der Waals surface area contributed by atoms with E-state index >= 15 is 0 Å². The molecule has 0 radical (unpaired) electrons. The number of amides is 1. The van der Waals surface area contributed by atoms with Gasteiger partial charge < -0.3 is 19.5 Å². The van der Waals surface area contributed by atoms with Crippen LogP contribution >= 0.6 is 0 Å². The van der Waals surface area contributed by atoms with Gasteiger partial charge in [-0.1, -0.05) is 12.1 Å². The number of alkyl halides is 6. The minimum atomic E-state index is -5.06. The number of esters is 1. The molecule has 1 N–H and O–H groups in total. The van der Waals surface area contributed by atoms with Crippen LogP contribution in [0.1, 0.15) is 74.8 Å². The number of hydrogen-bond donors (Lipinski definition) is 1. The third kappa shape index (κ3) is 8.34. The zero-order valence-electron chi connectivity index (χ0n) is 22.6. The van der Waals surface area contributed by atoms with Gasteiger partial charge in [-0.05, 0) is 75.6 Å². The molecule has 3 rings (SSSR count). The van der Waals surface area contributed by atoms with E-state index in [0.29, 0.717) is 17.7 Å². The van der Waals surface area contributed by atoms with E-state index in [-0.39, 0.29) is 25.5 Å². The molecule has 41 heavy (non-hydrogen) atoms. The lowest BCUT2D eigenvalue weighted by Crippen LogP contribution is -2.37. The van der Waals surface area contributed by atoms with Crippen LogP contribution in [0, 0.1) is 5.82 Å². The highest BCUT2D eigenvalue weighted by Gasteiger charge is 2.46. The SMILES string of the molecule is C[C@@H](O[C@H]1CN(C(=O)O)[C@@H](CCC(=O)OC(C)(C)C)[C@@H]1c1ccc(F)cc1)c1cc(C(F)(F)F)cc(C(F)(F)F)c1. The Hall–Kier alpha value is -3.35. The molecule has 2 aromatic rings. The van der Waals surface area contributed by atoms with E-state index in [2.05, 4.69) is 0 Å². The van der Waals surface area contributed by atoms with Gasteiger partial charge in [0.05, 0.1) is 29.9 Å². The van der Waals surface area contributed by atoms with E-state index in [1.807, 2.05) is 0 Å². The first-order valence-corrected chi connectivity index (χ1v) is 12.7. The van der Waals surface area contributed by atoms with Gasteiger partial charge in [0.15, 0.2) is 0 Å². The lowest BCUT2D eigenvalue weighted by molar-refractivity contribution is -0.155. The Bertz CT molecular complexity index is 1210. The number of hydrogen-bond acceptors (Lipinski definition) is 4. The Kier molecular flexibility index (Phi) is 9.31. The molecule has 0 aromatic heterocycles. The Morgan fingerprint density at radius 2 is 1.51 bits per heavy atom. The van der Waals surface area contributed by atoms with Gasteiger partial charge in [-0.25, -0.2) is 9.18 Å². The number of halogens is 7. The molecule has 0 saturated carbocycles. The minimum Gasteiger partial charge on any atom is -0.465 e. The lowest BCUT2D eigenvalue weighted by Gasteiger charge is -2.29. The summed E-state index contributed by atoms with van der Waals surface area (Å²) in [6.07, 6.45) is -14.1. The first-order valence-electron chi connectivity index (χ1n) is 12.7. The summed E-state index contributed by atoms with van der Waals surface area (Å²) >= 11 is 0. The van der Waals surface area contributed by atoms with Crippen molar-refractivity contribution in [1.82, 2.24) is 4.90 Å². The molecule has 1 aliphatic rings. The summed E-state index contributed by atoms with van der Waals surface area (Å²) in [5, 5.41) is 9.91. The van der Waals surface area contributed by atoms with Crippen LogP contribution in [0.3, 0.4) is 0 Å². The van der Waals surface area contributed by atoms with Gasteiger partial charge in [-0.3, -0.25) is 4.79 Å². The summed E-state index contributed by atoms with van der Waals surface area (Å²) in [5.74, 6) is -2.01. The van der Waals surface area contributed by atoms with Crippen LogP contribution in [0.2, 0.25) is 0 Å². The van der Waals surface area contributed by atoms with E-state index in [1.54, 1.807) is 20.8 Å². The highest BCUT2D eigenvalue weighted by molar-refractivity contribution is 5.70. The Labute approximate surface area is 232 Å². The van der Waals surface area contributed by atoms with Crippen molar-refractivity contribution < 1.29 is 54.9 Å². The van der Waals surface area contributed by atoms with Crippen molar-refractivity contribution in [2.24, 2.45) is 0 Å². The number of ether oxygens (including phenoxy) is 2. The fraction of sp³-hybridized carbons (Fsp3) is 0.500. The highest BCUT2D eigenvalue weighted by Crippen LogP contribution is 2.42. The largest absolute Gasteiger partial charge is 0.465 e. The van der Waals surface area contributed by atoms with E-state index in [0.717, 1.165) is 17.0 Å². The number of nitrogens with zero attached hydrogens (tertiary/aromatic N) is 1. The van der Waals surface area contributed by atoms with Crippen LogP contribution in [0.15, 0.2) is 42.5 Å². The number of carbonyl (C=O) groups excluding carboxylic acids is 1. The molecule has 0 spiro atoms. The zero-order chi connectivity index (χ0) is 30.9. The van der Waals surface area contributed by atoms with Gasteiger partial charge in [0, 0.05) is 18.4 Å². The number of carboxylic acid groups (broad SMARTS) is 1. The number of likely N-dealkylation sites (tertiary alicyclic amines) is 1. The van der Waals surface area contributed by atoms with E-state index in [9.17, 15) is 45.4 Å². The Morgan fingerprint density at radius 1 is 0.976 bits per heavy atom. The lowest BCUT2D eigenvalue weighted by atomic mass is 9.87. The molecule has 0 bridgehead atoms. The van der Waals surface area contributed by atoms with E-state index in [4.69, 9.17) is 9.47 Å². The maximum atomic E-state index is 13.7. The molecule has 1 aliphatic heterocycles. The summed E-state index contributed by atoms with van der Waals surface area (Å²) in [6, 6.07) is 5.26. The maximum absolute atomic E-state index is 13.7. The van der Waals surface area contributed by atoms with Crippen LogP contribution in [-0.4, -0.2) is 46.4 Å². The third-order valence-corrected chi connectivity index (χ3v) is 6.62. The molecule has 1 heterocycles. The number of benzene rings is 2. The zero-order valence-corrected chi connectivity index (χ0v) is 22.6. The molecule has 13 heteroatoms.